The molecule has 0 aromatic heterocycles. The smallest absolute Gasteiger partial charge is 0.161 e. The summed E-state index contributed by atoms with van der Waals surface area (Å²) in [5.74, 6) is 1.01. The third-order valence-electron chi connectivity index (χ3n) is 2.91. The molecule has 1 heterocycles. The van der Waals surface area contributed by atoms with E-state index >= 15 is 0 Å². The molecule has 0 N–H and O–H groups in total. The lowest BCUT2D eigenvalue weighted by Gasteiger charge is -2.31. The van der Waals surface area contributed by atoms with Crippen LogP contribution in [0.3, 0.4) is 0 Å². The van der Waals surface area contributed by atoms with E-state index in [9.17, 15) is 0 Å². The van der Waals surface area contributed by atoms with Gasteiger partial charge in [-0.05, 0) is 50.1 Å². The van der Waals surface area contributed by atoms with Gasteiger partial charge < -0.3 is 9.64 Å². The Morgan fingerprint density at radius 1 is 1.21 bits per heavy atom. The molecule has 1 aromatic carbocycles. The number of ether oxygens (including phenoxy) is 1. The second kappa shape index (κ2) is 7.67. The maximum absolute atomic E-state index is 5.76. The van der Waals surface area contributed by atoms with Gasteiger partial charge in [0.05, 0.1) is 0 Å². The van der Waals surface area contributed by atoms with Gasteiger partial charge in [0.25, 0.3) is 0 Å². The molecular weight excluding hydrogens is 234 g/mol. The van der Waals surface area contributed by atoms with Gasteiger partial charge in [-0.15, -0.1) is 0 Å². The summed E-state index contributed by atoms with van der Waals surface area (Å²) in [7, 11) is 0. The molecule has 0 fully saturated rings. The molecule has 0 unspecified atom stereocenters. The third kappa shape index (κ3) is 4.16. The van der Waals surface area contributed by atoms with Crippen LogP contribution in [0, 0.1) is 6.92 Å². The maximum Gasteiger partial charge on any atom is 0.161 e. The van der Waals surface area contributed by atoms with E-state index in [-0.39, 0.29) is 0 Å². The molecule has 0 amide bonds. The molecule has 0 spiro atoms. The molecule has 1 aromatic rings. The van der Waals surface area contributed by atoms with Crippen LogP contribution in [0.15, 0.2) is 47.7 Å². The molecule has 104 valence electrons. The van der Waals surface area contributed by atoms with E-state index in [4.69, 9.17) is 4.74 Å². The highest BCUT2D eigenvalue weighted by Crippen LogP contribution is 2.23. The summed E-state index contributed by atoms with van der Waals surface area (Å²) in [4.78, 5) is 2.25. The minimum absolute atomic E-state index is 0.625. The number of benzene rings is 1. The fourth-order valence-electron chi connectivity index (χ4n) is 2.01. The molecule has 0 saturated carbocycles. The van der Waals surface area contributed by atoms with Crippen molar-refractivity contribution in [2.24, 2.45) is 0 Å². The van der Waals surface area contributed by atoms with Gasteiger partial charge in [-0.1, -0.05) is 32.1 Å². The van der Waals surface area contributed by atoms with Crippen LogP contribution in [0.25, 0.3) is 0 Å². The van der Waals surface area contributed by atoms with Crippen LogP contribution in [0.1, 0.15) is 33.3 Å². The minimum Gasteiger partial charge on any atom is -0.473 e. The molecular formula is C17H25NO. The first-order valence-electron chi connectivity index (χ1n) is 6.97. The van der Waals surface area contributed by atoms with Crippen LogP contribution < -0.4 is 4.90 Å². The normalized spacial score (nSPS) is 15.1. The molecule has 1 aliphatic rings. The van der Waals surface area contributed by atoms with Gasteiger partial charge >= 0.3 is 0 Å². The Hall–Kier alpha value is -1.70. The van der Waals surface area contributed by atoms with Crippen molar-refractivity contribution in [1.29, 1.82) is 0 Å². The van der Waals surface area contributed by atoms with Crippen molar-refractivity contribution in [3.63, 3.8) is 0 Å². The van der Waals surface area contributed by atoms with Gasteiger partial charge in [-0.25, -0.2) is 0 Å². The second-order valence-corrected chi connectivity index (χ2v) is 4.45. The Bertz CT molecular complexity index is 460. The summed E-state index contributed by atoms with van der Waals surface area (Å²) >= 11 is 0. The van der Waals surface area contributed by atoms with Crippen LogP contribution >= 0.6 is 0 Å². The summed E-state index contributed by atoms with van der Waals surface area (Å²) in [6.07, 6.45) is 4.05. The van der Waals surface area contributed by atoms with E-state index in [1.807, 2.05) is 32.9 Å². The van der Waals surface area contributed by atoms with Crippen LogP contribution in [0.4, 0.5) is 5.69 Å². The van der Waals surface area contributed by atoms with E-state index in [0.29, 0.717) is 6.73 Å². The molecule has 0 saturated heterocycles. The SMILES string of the molecule is C/C=C\C1=C(C)CN(c2cccc(C)c2)CO1.CC. The number of aryl methyl sites for hydroxylation is 1. The predicted octanol–water partition coefficient (Wildman–Crippen LogP) is 4.67. The van der Waals surface area contributed by atoms with E-state index < -0.39 is 0 Å². The average Bonchev–Trinajstić information content (AvgIpc) is 2.43. The van der Waals surface area contributed by atoms with Gasteiger partial charge in [0, 0.05) is 12.2 Å². The standard InChI is InChI=1S/C15H19NO.C2H6/c1-4-6-15-13(3)10-16(11-17-15)14-8-5-7-12(2)9-14;1-2/h4-9H,10-11H2,1-3H3;1-2H3/b6-4-;. The first-order chi connectivity index (χ1) is 9.20. The first-order valence-corrected chi connectivity index (χ1v) is 6.97. The molecule has 0 atom stereocenters. The maximum atomic E-state index is 5.76. The molecule has 0 aliphatic carbocycles. The van der Waals surface area contributed by atoms with Gasteiger partial charge in [-0.3, -0.25) is 0 Å². The second-order valence-electron chi connectivity index (χ2n) is 4.45. The predicted molar refractivity (Wildman–Crippen MR) is 83.3 cm³/mol. The van der Waals surface area contributed by atoms with Crippen molar-refractivity contribution in [3.8, 4) is 0 Å². The number of hydrogen-bond donors (Lipinski definition) is 0. The lowest BCUT2D eigenvalue weighted by atomic mass is 10.1. The monoisotopic (exact) mass is 259 g/mol. The van der Waals surface area contributed by atoms with Crippen molar-refractivity contribution in [3.05, 3.63) is 53.3 Å². The first kappa shape index (κ1) is 15.4. The summed E-state index contributed by atoms with van der Waals surface area (Å²) in [6, 6.07) is 8.52. The Morgan fingerprint density at radius 2 is 1.95 bits per heavy atom. The highest BCUT2D eigenvalue weighted by atomic mass is 16.5. The number of rotatable bonds is 2. The quantitative estimate of drug-likeness (QED) is 0.765. The lowest BCUT2D eigenvalue weighted by molar-refractivity contribution is 0.207. The molecule has 2 nitrogen and oxygen atoms in total. The largest absolute Gasteiger partial charge is 0.473 e. The van der Waals surface area contributed by atoms with Gasteiger partial charge in [0.1, 0.15) is 5.76 Å². The zero-order valence-corrected chi connectivity index (χ0v) is 12.7. The fourth-order valence-corrected chi connectivity index (χ4v) is 2.01. The highest BCUT2D eigenvalue weighted by molar-refractivity contribution is 5.50. The molecule has 2 rings (SSSR count). The number of nitrogens with zero attached hydrogens (tertiary/aromatic N) is 1. The van der Waals surface area contributed by atoms with Crippen LogP contribution in [-0.2, 0) is 4.74 Å². The Kier molecular flexibility index (Phi) is 6.20. The van der Waals surface area contributed by atoms with Crippen molar-refractivity contribution in [2.45, 2.75) is 34.6 Å². The number of anilines is 1. The summed E-state index contributed by atoms with van der Waals surface area (Å²) in [6.45, 7) is 11.8. The number of hydrogen-bond acceptors (Lipinski definition) is 2. The Balaban J connectivity index is 0.000000861. The lowest BCUT2D eigenvalue weighted by Crippen LogP contribution is -2.32. The van der Waals surface area contributed by atoms with Crippen molar-refractivity contribution in [2.75, 3.05) is 18.2 Å². The Morgan fingerprint density at radius 3 is 2.53 bits per heavy atom. The van der Waals surface area contributed by atoms with Crippen molar-refractivity contribution in [1.82, 2.24) is 0 Å². The Labute approximate surface area is 117 Å². The summed E-state index contributed by atoms with van der Waals surface area (Å²) in [5, 5.41) is 0. The topological polar surface area (TPSA) is 12.5 Å². The van der Waals surface area contributed by atoms with E-state index in [2.05, 4.69) is 43.0 Å². The van der Waals surface area contributed by atoms with Crippen molar-refractivity contribution < 1.29 is 4.74 Å². The van der Waals surface area contributed by atoms with Crippen LogP contribution in [-0.4, -0.2) is 13.3 Å². The van der Waals surface area contributed by atoms with Crippen LogP contribution in [0.5, 0.6) is 0 Å². The minimum atomic E-state index is 0.625. The summed E-state index contributed by atoms with van der Waals surface area (Å²) < 4.78 is 5.76. The van der Waals surface area contributed by atoms with Gasteiger partial charge in [0.15, 0.2) is 6.73 Å². The molecule has 0 radical (unpaired) electrons. The zero-order valence-electron chi connectivity index (χ0n) is 12.7. The summed E-state index contributed by atoms with van der Waals surface area (Å²) in [5.41, 5.74) is 3.78. The average molecular weight is 259 g/mol. The third-order valence-corrected chi connectivity index (χ3v) is 2.91. The number of allylic oxidation sites excluding steroid dienone is 2. The van der Waals surface area contributed by atoms with Gasteiger partial charge in [-0.2, -0.15) is 0 Å². The molecule has 0 bridgehead atoms. The van der Waals surface area contributed by atoms with Crippen molar-refractivity contribution >= 4 is 5.69 Å². The van der Waals surface area contributed by atoms with Gasteiger partial charge in [0.2, 0.25) is 0 Å². The highest BCUT2D eigenvalue weighted by Gasteiger charge is 2.15. The van der Waals surface area contributed by atoms with Crippen LogP contribution in [0.2, 0.25) is 0 Å². The fraction of sp³-hybridized carbons (Fsp3) is 0.412. The van der Waals surface area contributed by atoms with E-state index in [1.54, 1.807) is 0 Å². The zero-order chi connectivity index (χ0) is 14.3. The molecule has 2 heteroatoms. The molecule has 1 aliphatic heterocycles. The van der Waals surface area contributed by atoms with E-state index in [0.717, 1.165) is 12.3 Å². The van der Waals surface area contributed by atoms with E-state index in [1.165, 1.54) is 16.8 Å². The molecule has 19 heavy (non-hydrogen) atoms.